The van der Waals surface area contributed by atoms with Gasteiger partial charge in [0.15, 0.2) is 0 Å². The lowest BCUT2D eigenvalue weighted by Gasteiger charge is -2.15. The molecule has 2 aromatic rings. The number of rotatable bonds is 7. The smallest absolute Gasteiger partial charge is 0.416 e. The number of alkyl halides is 6. The second-order valence-electron chi connectivity index (χ2n) is 6.34. The lowest BCUT2D eigenvalue weighted by atomic mass is 10.0. The Balaban J connectivity index is 2.24. The van der Waals surface area contributed by atoms with Crippen LogP contribution in [0.1, 0.15) is 29.2 Å². The van der Waals surface area contributed by atoms with Crippen molar-refractivity contribution in [2.75, 3.05) is 13.2 Å². The predicted octanol–water partition coefficient (Wildman–Crippen LogP) is 6.03. The van der Waals surface area contributed by atoms with Gasteiger partial charge < -0.3 is 9.47 Å². The number of esters is 1. The van der Waals surface area contributed by atoms with E-state index in [1.54, 1.807) is 6.92 Å². The summed E-state index contributed by atoms with van der Waals surface area (Å²) in [7, 11) is 0. The fourth-order valence-electron chi connectivity index (χ4n) is 2.58. The Morgan fingerprint density at radius 2 is 1.48 bits per heavy atom. The van der Waals surface area contributed by atoms with Gasteiger partial charge in [-0.05, 0) is 54.0 Å². The Bertz CT molecular complexity index is 897. The van der Waals surface area contributed by atoms with Gasteiger partial charge in [0.2, 0.25) is 0 Å². The number of carbonyl (C=O) groups is 1. The molecule has 0 heterocycles. The summed E-state index contributed by atoms with van der Waals surface area (Å²) in [6, 6.07) is 6.07. The zero-order valence-corrected chi connectivity index (χ0v) is 16.1. The summed E-state index contributed by atoms with van der Waals surface area (Å²) in [6.07, 6.45) is -8.89. The summed E-state index contributed by atoms with van der Waals surface area (Å²) in [5.74, 6) is -1.27. The first kappa shape index (κ1) is 24.4. The number of halogens is 7. The van der Waals surface area contributed by atoms with Crippen molar-refractivity contribution in [1.29, 1.82) is 0 Å². The lowest BCUT2D eigenvalue weighted by Crippen LogP contribution is -2.12. The molecule has 0 unspecified atom stereocenters. The maximum atomic E-state index is 13.1. The molecule has 0 atom stereocenters. The topological polar surface area (TPSA) is 35.5 Å². The molecule has 31 heavy (non-hydrogen) atoms. The molecule has 0 saturated carbocycles. The molecule has 0 aliphatic carbocycles. The summed E-state index contributed by atoms with van der Waals surface area (Å²) in [6.45, 7) is 0.722. The SMILES string of the molecule is CCOC(=O)C=C(COCc1cc(C(F)(F)F)cc(C(F)(F)F)c1)c1ccc(F)cc1. The molecule has 0 radical (unpaired) electrons. The molecule has 10 heteroatoms. The molecular weight excluding hydrogens is 433 g/mol. The van der Waals surface area contributed by atoms with Gasteiger partial charge in [-0.1, -0.05) is 12.1 Å². The van der Waals surface area contributed by atoms with Crippen LogP contribution in [0.15, 0.2) is 48.5 Å². The molecule has 0 aliphatic heterocycles. The van der Waals surface area contributed by atoms with E-state index >= 15 is 0 Å². The fraction of sp³-hybridized carbons (Fsp3) is 0.286. The van der Waals surface area contributed by atoms with Gasteiger partial charge in [-0.15, -0.1) is 0 Å². The Morgan fingerprint density at radius 3 is 1.97 bits per heavy atom. The third kappa shape index (κ3) is 7.39. The van der Waals surface area contributed by atoms with E-state index in [1.807, 2.05) is 0 Å². The molecule has 0 aliphatic rings. The molecule has 2 rings (SSSR count). The van der Waals surface area contributed by atoms with Crippen molar-refractivity contribution in [2.45, 2.75) is 25.9 Å². The minimum Gasteiger partial charge on any atom is -0.463 e. The van der Waals surface area contributed by atoms with Crippen molar-refractivity contribution in [3.8, 4) is 0 Å². The highest BCUT2D eigenvalue weighted by molar-refractivity contribution is 5.91. The predicted molar refractivity (Wildman–Crippen MR) is 97.1 cm³/mol. The van der Waals surface area contributed by atoms with Crippen LogP contribution in [-0.2, 0) is 33.2 Å². The Morgan fingerprint density at radius 1 is 0.935 bits per heavy atom. The van der Waals surface area contributed by atoms with E-state index in [0.29, 0.717) is 17.7 Å². The van der Waals surface area contributed by atoms with Crippen molar-refractivity contribution in [3.05, 3.63) is 76.6 Å². The summed E-state index contributed by atoms with van der Waals surface area (Å²) in [4.78, 5) is 11.8. The Hall–Kier alpha value is -2.88. The number of hydrogen-bond acceptors (Lipinski definition) is 3. The van der Waals surface area contributed by atoms with E-state index in [2.05, 4.69) is 0 Å². The van der Waals surface area contributed by atoms with E-state index in [1.165, 1.54) is 12.1 Å². The first-order valence-electron chi connectivity index (χ1n) is 8.89. The van der Waals surface area contributed by atoms with Crippen molar-refractivity contribution < 1.29 is 45.0 Å². The van der Waals surface area contributed by atoms with Crippen LogP contribution in [0.25, 0.3) is 5.57 Å². The highest BCUT2D eigenvalue weighted by Gasteiger charge is 2.36. The monoisotopic (exact) mass is 450 g/mol. The average molecular weight is 450 g/mol. The van der Waals surface area contributed by atoms with Crippen LogP contribution in [0.5, 0.6) is 0 Å². The van der Waals surface area contributed by atoms with Gasteiger partial charge in [0.25, 0.3) is 0 Å². The molecule has 2 aromatic carbocycles. The number of carbonyl (C=O) groups excluding carboxylic acids is 1. The van der Waals surface area contributed by atoms with Crippen molar-refractivity contribution in [2.24, 2.45) is 0 Å². The quantitative estimate of drug-likeness (QED) is 0.294. The second-order valence-corrected chi connectivity index (χ2v) is 6.34. The molecule has 0 fully saturated rings. The van der Waals surface area contributed by atoms with Crippen LogP contribution in [-0.4, -0.2) is 19.2 Å². The van der Waals surface area contributed by atoms with Crippen LogP contribution >= 0.6 is 0 Å². The normalized spacial score (nSPS) is 12.7. The molecule has 0 spiro atoms. The maximum absolute atomic E-state index is 13.1. The van der Waals surface area contributed by atoms with Crippen LogP contribution < -0.4 is 0 Å². The van der Waals surface area contributed by atoms with Gasteiger partial charge >= 0.3 is 18.3 Å². The summed E-state index contributed by atoms with van der Waals surface area (Å²) in [5.41, 5.74) is -2.68. The van der Waals surface area contributed by atoms with Crippen LogP contribution in [0.2, 0.25) is 0 Å². The van der Waals surface area contributed by atoms with E-state index < -0.39 is 41.9 Å². The molecule has 0 amide bonds. The Kier molecular flexibility index (Phi) is 7.83. The van der Waals surface area contributed by atoms with Gasteiger partial charge in [0.1, 0.15) is 5.82 Å². The molecule has 0 N–H and O–H groups in total. The largest absolute Gasteiger partial charge is 0.463 e. The average Bonchev–Trinajstić information content (AvgIpc) is 2.66. The maximum Gasteiger partial charge on any atom is 0.416 e. The molecule has 0 saturated heterocycles. The molecule has 168 valence electrons. The fourth-order valence-corrected chi connectivity index (χ4v) is 2.58. The standard InChI is InChI=1S/C21H17F7O3/c1-2-31-19(29)9-15(14-3-5-18(22)6-4-14)12-30-11-13-7-16(20(23,24)25)10-17(8-13)21(26,27)28/h3-10H,2,11-12H2,1H3. The van der Waals surface area contributed by atoms with Crippen LogP contribution in [0, 0.1) is 5.82 Å². The number of ether oxygens (including phenoxy) is 2. The van der Waals surface area contributed by atoms with E-state index in [9.17, 15) is 35.5 Å². The number of hydrogen-bond donors (Lipinski definition) is 0. The molecule has 3 nitrogen and oxygen atoms in total. The summed E-state index contributed by atoms with van der Waals surface area (Å²) < 4.78 is 101. The highest BCUT2D eigenvalue weighted by Crippen LogP contribution is 2.36. The zero-order chi connectivity index (χ0) is 23.2. The number of benzene rings is 2. The summed E-state index contributed by atoms with van der Waals surface area (Å²) in [5, 5.41) is 0. The van der Waals surface area contributed by atoms with Gasteiger partial charge in [-0.2, -0.15) is 26.3 Å². The highest BCUT2D eigenvalue weighted by atomic mass is 19.4. The van der Waals surface area contributed by atoms with Gasteiger partial charge in [-0.3, -0.25) is 0 Å². The minimum atomic E-state index is -4.97. The van der Waals surface area contributed by atoms with E-state index in [-0.39, 0.29) is 30.4 Å². The minimum absolute atomic E-state index is 0.0219. The summed E-state index contributed by atoms with van der Waals surface area (Å²) >= 11 is 0. The van der Waals surface area contributed by atoms with Crippen LogP contribution in [0.4, 0.5) is 30.7 Å². The Labute approximate surface area is 173 Å². The first-order valence-corrected chi connectivity index (χ1v) is 8.89. The van der Waals surface area contributed by atoms with Gasteiger partial charge in [0.05, 0.1) is 30.9 Å². The van der Waals surface area contributed by atoms with Crippen molar-refractivity contribution in [1.82, 2.24) is 0 Å². The van der Waals surface area contributed by atoms with Crippen molar-refractivity contribution >= 4 is 11.5 Å². The van der Waals surface area contributed by atoms with Crippen LogP contribution in [0.3, 0.4) is 0 Å². The third-order valence-electron chi connectivity index (χ3n) is 3.97. The van der Waals surface area contributed by atoms with Gasteiger partial charge in [-0.25, -0.2) is 9.18 Å². The molecule has 0 bridgehead atoms. The van der Waals surface area contributed by atoms with E-state index in [0.717, 1.165) is 18.2 Å². The first-order chi connectivity index (χ1) is 14.4. The second kappa shape index (κ2) is 9.95. The van der Waals surface area contributed by atoms with Gasteiger partial charge in [0, 0.05) is 6.08 Å². The third-order valence-corrected chi connectivity index (χ3v) is 3.97. The van der Waals surface area contributed by atoms with E-state index in [4.69, 9.17) is 9.47 Å². The van der Waals surface area contributed by atoms with Crippen molar-refractivity contribution in [3.63, 3.8) is 0 Å². The lowest BCUT2D eigenvalue weighted by molar-refractivity contribution is -0.143. The zero-order valence-electron chi connectivity index (χ0n) is 16.1. The molecule has 0 aromatic heterocycles. The molecular formula is C21H17F7O3.